The van der Waals surface area contributed by atoms with Crippen LogP contribution in [-0.4, -0.2) is 55.8 Å². The first-order chi connectivity index (χ1) is 13.3. The number of amides is 1. The second-order valence-electron chi connectivity index (χ2n) is 5.68. The van der Waals surface area contributed by atoms with Crippen molar-refractivity contribution in [2.75, 3.05) is 19.8 Å². The van der Waals surface area contributed by atoms with Crippen LogP contribution in [0.25, 0.3) is 0 Å². The van der Waals surface area contributed by atoms with Gasteiger partial charge in [0.1, 0.15) is 18.1 Å². The topological polar surface area (TPSA) is 117 Å². The molecule has 1 amide bonds. The normalized spacial score (nSPS) is 19.9. The molecule has 1 N–H and O–H groups in total. The van der Waals surface area contributed by atoms with Crippen molar-refractivity contribution in [2.24, 2.45) is 0 Å². The van der Waals surface area contributed by atoms with Crippen molar-refractivity contribution in [2.45, 2.75) is 39.6 Å². The molecule has 9 nitrogen and oxygen atoms in total. The maximum atomic E-state index is 11.9. The van der Waals surface area contributed by atoms with Gasteiger partial charge in [0.25, 0.3) is 0 Å². The average Bonchev–Trinajstić information content (AvgIpc) is 2.59. The molecule has 1 aliphatic heterocycles. The molecule has 0 aromatic rings. The van der Waals surface area contributed by atoms with Crippen LogP contribution in [0.5, 0.6) is 0 Å². The summed E-state index contributed by atoms with van der Waals surface area (Å²) in [6.45, 7) is 3.89. The highest BCUT2D eigenvalue weighted by molar-refractivity contribution is 5.84. The van der Waals surface area contributed by atoms with Gasteiger partial charge in [-0.3, -0.25) is 14.4 Å². The SMILES string of the molecule is C#CCNC(=O)CO[C@H]1O[C@@H](CC(C)=O)C=C(OC(C)=O)/C1=C/C(=O)OCC. The van der Waals surface area contributed by atoms with Gasteiger partial charge in [-0.2, -0.15) is 0 Å². The number of terminal acetylenes is 1. The fourth-order valence-electron chi connectivity index (χ4n) is 2.22. The molecule has 0 spiro atoms. The van der Waals surface area contributed by atoms with E-state index >= 15 is 0 Å². The van der Waals surface area contributed by atoms with Crippen molar-refractivity contribution >= 4 is 23.6 Å². The zero-order chi connectivity index (χ0) is 21.1. The molecule has 0 fully saturated rings. The predicted octanol–water partition coefficient (Wildman–Crippen LogP) is 0.393. The summed E-state index contributed by atoms with van der Waals surface area (Å²) < 4.78 is 21.1. The van der Waals surface area contributed by atoms with E-state index in [1.807, 2.05) is 0 Å². The van der Waals surface area contributed by atoms with Crippen molar-refractivity contribution < 1.29 is 38.1 Å². The van der Waals surface area contributed by atoms with Gasteiger partial charge in [-0.15, -0.1) is 6.42 Å². The molecule has 0 aliphatic carbocycles. The van der Waals surface area contributed by atoms with E-state index in [-0.39, 0.29) is 36.7 Å². The standard InChI is InChI=1S/C19H23NO8/c1-5-7-20-17(23)11-26-19-15(10-18(24)25-6-2)16(27-13(4)22)9-14(28-19)8-12(3)21/h1,9-10,14,19H,6-8,11H2,2-4H3,(H,20,23)/b15-10-/t14-,19-/m0/s1. The Labute approximate surface area is 163 Å². The largest absolute Gasteiger partial charge is 0.463 e. The number of esters is 2. The van der Waals surface area contributed by atoms with Gasteiger partial charge >= 0.3 is 11.9 Å². The number of carbonyl (C=O) groups is 4. The highest BCUT2D eigenvalue weighted by Gasteiger charge is 2.32. The van der Waals surface area contributed by atoms with Crippen LogP contribution < -0.4 is 5.32 Å². The first-order valence-corrected chi connectivity index (χ1v) is 8.52. The summed E-state index contributed by atoms with van der Waals surface area (Å²) in [4.78, 5) is 46.5. The first kappa shape index (κ1) is 23.1. The Morgan fingerprint density at radius 2 is 2.04 bits per heavy atom. The number of ketones is 1. The number of Topliss-reactive ketones (excluding diaryl/α,β-unsaturated/α-hetero) is 1. The van der Waals surface area contributed by atoms with Crippen LogP contribution in [0.1, 0.15) is 27.2 Å². The molecular weight excluding hydrogens is 370 g/mol. The van der Waals surface area contributed by atoms with Crippen molar-refractivity contribution in [3.05, 3.63) is 23.5 Å². The van der Waals surface area contributed by atoms with Gasteiger partial charge in [-0.25, -0.2) is 4.79 Å². The van der Waals surface area contributed by atoms with Gasteiger partial charge < -0.3 is 24.3 Å². The predicted molar refractivity (Wildman–Crippen MR) is 96.3 cm³/mol. The third kappa shape index (κ3) is 8.16. The molecule has 0 bridgehead atoms. The summed E-state index contributed by atoms with van der Waals surface area (Å²) in [5, 5.41) is 2.41. The Bertz CT molecular complexity index is 716. The van der Waals surface area contributed by atoms with Gasteiger partial charge in [0.15, 0.2) is 6.29 Å². The van der Waals surface area contributed by atoms with Crippen LogP contribution in [0.15, 0.2) is 23.5 Å². The Balaban J connectivity index is 3.13. The van der Waals surface area contributed by atoms with Crippen LogP contribution >= 0.6 is 0 Å². The van der Waals surface area contributed by atoms with E-state index in [0.717, 1.165) is 6.08 Å². The molecular formula is C19H23NO8. The lowest BCUT2D eigenvalue weighted by atomic mass is 10.0. The third-order valence-electron chi connectivity index (χ3n) is 3.23. The molecule has 0 radical (unpaired) electrons. The summed E-state index contributed by atoms with van der Waals surface area (Å²) in [7, 11) is 0. The Morgan fingerprint density at radius 1 is 1.32 bits per heavy atom. The summed E-state index contributed by atoms with van der Waals surface area (Å²) in [5.74, 6) is 0.198. The molecule has 0 unspecified atom stereocenters. The number of carbonyl (C=O) groups excluding carboxylic acids is 4. The Morgan fingerprint density at radius 3 is 2.61 bits per heavy atom. The molecule has 28 heavy (non-hydrogen) atoms. The van der Waals surface area contributed by atoms with Crippen molar-refractivity contribution in [3.8, 4) is 12.3 Å². The fourth-order valence-corrected chi connectivity index (χ4v) is 2.22. The van der Waals surface area contributed by atoms with Gasteiger partial charge in [-0.1, -0.05) is 5.92 Å². The van der Waals surface area contributed by atoms with Crippen molar-refractivity contribution in [1.29, 1.82) is 0 Å². The quantitative estimate of drug-likeness (QED) is 0.340. The molecule has 0 saturated carbocycles. The van der Waals surface area contributed by atoms with E-state index in [2.05, 4.69) is 11.2 Å². The van der Waals surface area contributed by atoms with Gasteiger partial charge in [-0.05, 0) is 19.9 Å². The molecule has 9 heteroatoms. The lowest BCUT2D eigenvalue weighted by molar-refractivity contribution is -0.163. The Kier molecular flexibility index (Phi) is 9.64. The van der Waals surface area contributed by atoms with Crippen LogP contribution in [0, 0.1) is 12.3 Å². The highest BCUT2D eigenvalue weighted by atomic mass is 16.7. The number of ether oxygens (including phenoxy) is 4. The molecule has 152 valence electrons. The molecule has 0 saturated heterocycles. The number of rotatable bonds is 9. The second kappa shape index (κ2) is 11.7. The van der Waals surface area contributed by atoms with Crippen LogP contribution in [0.4, 0.5) is 0 Å². The minimum Gasteiger partial charge on any atom is -0.463 e. The van der Waals surface area contributed by atoms with Gasteiger partial charge in [0.2, 0.25) is 5.91 Å². The lowest BCUT2D eigenvalue weighted by Gasteiger charge is -2.30. The highest BCUT2D eigenvalue weighted by Crippen LogP contribution is 2.28. The Hall–Kier alpha value is -2.96. The van der Waals surface area contributed by atoms with E-state index < -0.39 is 36.8 Å². The number of nitrogens with one attached hydrogen (secondary N) is 1. The zero-order valence-electron chi connectivity index (χ0n) is 16.0. The van der Waals surface area contributed by atoms with Crippen LogP contribution in [0.2, 0.25) is 0 Å². The average molecular weight is 393 g/mol. The summed E-state index contributed by atoms with van der Waals surface area (Å²) in [5.41, 5.74) is 0.0539. The second-order valence-corrected chi connectivity index (χ2v) is 5.68. The molecule has 1 rings (SSSR count). The molecule has 2 atom stereocenters. The molecule has 1 heterocycles. The fraction of sp³-hybridized carbons (Fsp3) is 0.474. The van der Waals surface area contributed by atoms with E-state index in [4.69, 9.17) is 25.4 Å². The van der Waals surface area contributed by atoms with Crippen LogP contribution in [0.3, 0.4) is 0 Å². The van der Waals surface area contributed by atoms with Crippen molar-refractivity contribution in [3.63, 3.8) is 0 Å². The number of hydrogen-bond donors (Lipinski definition) is 1. The molecule has 0 aromatic carbocycles. The van der Waals surface area contributed by atoms with Crippen LogP contribution in [-0.2, 0) is 38.1 Å². The zero-order valence-corrected chi connectivity index (χ0v) is 16.0. The maximum absolute atomic E-state index is 11.9. The van der Waals surface area contributed by atoms with Gasteiger partial charge in [0.05, 0.1) is 24.8 Å². The number of hydrogen-bond acceptors (Lipinski definition) is 8. The van der Waals surface area contributed by atoms with E-state index in [0.29, 0.717) is 0 Å². The minimum absolute atomic E-state index is 0.00733. The molecule has 0 aromatic heterocycles. The smallest absolute Gasteiger partial charge is 0.331 e. The maximum Gasteiger partial charge on any atom is 0.331 e. The monoisotopic (exact) mass is 393 g/mol. The van der Waals surface area contributed by atoms with Gasteiger partial charge in [0, 0.05) is 19.4 Å². The van der Waals surface area contributed by atoms with E-state index in [1.165, 1.54) is 19.9 Å². The summed E-state index contributed by atoms with van der Waals surface area (Å²) >= 11 is 0. The van der Waals surface area contributed by atoms with E-state index in [9.17, 15) is 19.2 Å². The third-order valence-corrected chi connectivity index (χ3v) is 3.23. The minimum atomic E-state index is -1.25. The first-order valence-electron chi connectivity index (χ1n) is 8.52. The van der Waals surface area contributed by atoms with E-state index in [1.54, 1.807) is 6.92 Å². The molecule has 1 aliphatic rings. The summed E-state index contributed by atoms with van der Waals surface area (Å²) in [6, 6.07) is 0. The van der Waals surface area contributed by atoms with Crippen molar-refractivity contribution in [1.82, 2.24) is 5.32 Å². The summed E-state index contributed by atoms with van der Waals surface area (Å²) in [6.07, 6.45) is 5.48. The lowest BCUT2D eigenvalue weighted by Crippen LogP contribution is -2.37.